The first-order valence-electron chi connectivity index (χ1n) is 9.01. The molecule has 4 rings (SSSR count). The largest absolute Gasteiger partial charge is 0.459 e. The molecule has 0 saturated heterocycles. The van der Waals surface area contributed by atoms with Crippen LogP contribution in [0.1, 0.15) is 27.2 Å². The van der Waals surface area contributed by atoms with E-state index in [2.05, 4.69) is 5.32 Å². The average molecular weight is 395 g/mol. The molecule has 1 aromatic heterocycles. The molecule has 1 aliphatic rings. The number of anilines is 1. The predicted octanol–water partition coefficient (Wildman–Crippen LogP) is 4.45. The number of furan rings is 1. The van der Waals surface area contributed by atoms with Gasteiger partial charge in [0, 0.05) is 23.7 Å². The first-order valence-corrected chi connectivity index (χ1v) is 9.39. The van der Waals surface area contributed by atoms with Crippen LogP contribution < -0.4 is 5.32 Å². The predicted molar refractivity (Wildman–Crippen MR) is 107 cm³/mol. The molecule has 1 aliphatic heterocycles. The Balaban J connectivity index is 1.64. The molecule has 2 amide bonds. The smallest absolute Gasteiger partial charge is 0.290 e. The molecule has 0 unspecified atom stereocenters. The van der Waals surface area contributed by atoms with E-state index in [1.54, 1.807) is 29.2 Å². The molecule has 6 heteroatoms. The van der Waals surface area contributed by atoms with Crippen molar-refractivity contribution in [3.63, 3.8) is 0 Å². The summed E-state index contributed by atoms with van der Waals surface area (Å²) in [7, 11) is 0. The van der Waals surface area contributed by atoms with Crippen LogP contribution in [-0.2, 0) is 17.8 Å². The van der Waals surface area contributed by atoms with Gasteiger partial charge < -0.3 is 14.6 Å². The van der Waals surface area contributed by atoms with Crippen LogP contribution in [0.3, 0.4) is 0 Å². The first kappa shape index (κ1) is 18.3. The van der Waals surface area contributed by atoms with Crippen LogP contribution in [0.2, 0.25) is 5.02 Å². The van der Waals surface area contributed by atoms with Gasteiger partial charge in [-0.05, 0) is 47.9 Å². The summed E-state index contributed by atoms with van der Waals surface area (Å²) >= 11 is 6.17. The third-order valence-electron chi connectivity index (χ3n) is 4.98. The number of rotatable bonds is 3. The van der Waals surface area contributed by atoms with Crippen LogP contribution in [0.25, 0.3) is 0 Å². The topological polar surface area (TPSA) is 62.6 Å². The molecule has 2 heterocycles. The number of benzene rings is 2. The summed E-state index contributed by atoms with van der Waals surface area (Å²) in [6, 6.07) is 15.8. The Morgan fingerprint density at radius 2 is 1.89 bits per heavy atom. The second kappa shape index (κ2) is 7.52. The Kier molecular flexibility index (Phi) is 4.92. The number of fused-ring (bicyclic) bond motifs is 1. The molecule has 0 fully saturated rings. The van der Waals surface area contributed by atoms with E-state index >= 15 is 0 Å². The van der Waals surface area contributed by atoms with Gasteiger partial charge in [-0.1, -0.05) is 41.9 Å². The minimum atomic E-state index is -0.646. The lowest BCUT2D eigenvalue weighted by atomic mass is 9.93. The summed E-state index contributed by atoms with van der Waals surface area (Å²) in [6.07, 6.45) is 1.89. The fourth-order valence-electron chi connectivity index (χ4n) is 3.41. The van der Waals surface area contributed by atoms with Gasteiger partial charge in [-0.3, -0.25) is 9.59 Å². The maximum absolute atomic E-state index is 13.1. The maximum Gasteiger partial charge on any atom is 0.290 e. The highest BCUT2D eigenvalue weighted by Crippen LogP contribution is 2.27. The Hall–Kier alpha value is -3.05. The number of amides is 2. The van der Waals surface area contributed by atoms with Crippen LogP contribution >= 0.6 is 11.6 Å². The zero-order valence-corrected chi connectivity index (χ0v) is 16.1. The number of nitrogens with one attached hydrogen (secondary N) is 1. The summed E-state index contributed by atoms with van der Waals surface area (Å²) in [6.45, 7) is 2.25. The standard InChI is InChI=1S/C22H19ClN2O3/c1-14-8-9-17(12-18(14)23)24-21(26)19-11-15-5-2-3-6-16(15)13-25(19)22(27)20-7-4-10-28-20/h2-10,12,19H,11,13H2,1H3,(H,24,26)/t19-/m0/s1. The second-order valence-corrected chi connectivity index (χ2v) is 7.26. The molecule has 2 aromatic carbocycles. The minimum absolute atomic E-state index is 0.218. The first-order chi connectivity index (χ1) is 13.5. The lowest BCUT2D eigenvalue weighted by Gasteiger charge is -2.35. The molecule has 1 atom stereocenters. The number of hydrogen-bond donors (Lipinski definition) is 1. The molecule has 0 saturated carbocycles. The maximum atomic E-state index is 13.1. The molecule has 3 aromatic rings. The molecular weight excluding hydrogens is 376 g/mol. The number of aryl methyl sites for hydroxylation is 1. The molecule has 5 nitrogen and oxygen atoms in total. The van der Waals surface area contributed by atoms with Crippen LogP contribution in [0, 0.1) is 6.92 Å². The van der Waals surface area contributed by atoms with E-state index < -0.39 is 6.04 Å². The highest BCUT2D eigenvalue weighted by Gasteiger charge is 2.36. The van der Waals surface area contributed by atoms with Gasteiger partial charge in [-0.15, -0.1) is 0 Å². The van der Waals surface area contributed by atoms with Gasteiger partial charge in [0.1, 0.15) is 6.04 Å². The summed E-state index contributed by atoms with van der Waals surface area (Å²) in [5, 5.41) is 3.47. The van der Waals surface area contributed by atoms with Gasteiger partial charge in [0.25, 0.3) is 5.91 Å². The lowest BCUT2D eigenvalue weighted by molar-refractivity contribution is -0.121. The van der Waals surface area contributed by atoms with Crippen molar-refractivity contribution in [2.45, 2.75) is 25.9 Å². The van der Waals surface area contributed by atoms with Gasteiger partial charge in [0.2, 0.25) is 5.91 Å². The third kappa shape index (κ3) is 3.53. The monoisotopic (exact) mass is 394 g/mol. The van der Waals surface area contributed by atoms with Gasteiger partial charge in [-0.25, -0.2) is 0 Å². The molecule has 0 radical (unpaired) electrons. The van der Waals surface area contributed by atoms with E-state index in [0.29, 0.717) is 23.7 Å². The highest BCUT2D eigenvalue weighted by atomic mass is 35.5. The molecule has 142 valence electrons. The average Bonchev–Trinajstić information content (AvgIpc) is 3.24. The van der Waals surface area contributed by atoms with E-state index in [4.69, 9.17) is 16.0 Å². The lowest BCUT2D eigenvalue weighted by Crippen LogP contribution is -2.50. The number of hydrogen-bond acceptors (Lipinski definition) is 3. The van der Waals surface area contributed by atoms with E-state index in [-0.39, 0.29) is 17.6 Å². The minimum Gasteiger partial charge on any atom is -0.459 e. The zero-order chi connectivity index (χ0) is 19.7. The number of halogens is 1. The van der Waals surface area contributed by atoms with Crippen LogP contribution in [0.5, 0.6) is 0 Å². The van der Waals surface area contributed by atoms with Gasteiger partial charge >= 0.3 is 0 Å². The van der Waals surface area contributed by atoms with Crippen LogP contribution in [-0.4, -0.2) is 22.8 Å². The van der Waals surface area contributed by atoms with Gasteiger partial charge in [-0.2, -0.15) is 0 Å². The molecular formula is C22H19ClN2O3. The van der Waals surface area contributed by atoms with Crippen molar-refractivity contribution in [1.82, 2.24) is 4.90 Å². The second-order valence-electron chi connectivity index (χ2n) is 6.85. The van der Waals surface area contributed by atoms with E-state index in [9.17, 15) is 9.59 Å². The number of nitrogens with zero attached hydrogens (tertiary/aromatic N) is 1. The van der Waals surface area contributed by atoms with Crippen molar-refractivity contribution in [1.29, 1.82) is 0 Å². The van der Waals surface area contributed by atoms with Crippen molar-refractivity contribution < 1.29 is 14.0 Å². The quantitative estimate of drug-likeness (QED) is 0.714. The summed E-state index contributed by atoms with van der Waals surface area (Å²) < 4.78 is 5.27. The number of carbonyl (C=O) groups is 2. The van der Waals surface area contributed by atoms with Gasteiger partial charge in [0.05, 0.1) is 6.26 Å². The van der Waals surface area contributed by atoms with Crippen molar-refractivity contribution in [2.24, 2.45) is 0 Å². The van der Waals surface area contributed by atoms with Crippen molar-refractivity contribution >= 4 is 29.1 Å². The van der Waals surface area contributed by atoms with E-state index in [1.807, 2.05) is 37.3 Å². The highest BCUT2D eigenvalue weighted by molar-refractivity contribution is 6.31. The SMILES string of the molecule is Cc1ccc(NC(=O)[C@@H]2Cc3ccccc3CN2C(=O)c2ccco2)cc1Cl. The van der Waals surface area contributed by atoms with Crippen molar-refractivity contribution in [2.75, 3.05) is 5.32 Å². The summed E-state index contributed by atoms with van der Waals surface area (Å²) in [4.78, 5) is 27.6. The van der Waals surface area contributed by atoms with Crippen molar-refractivity contribution in [3.05, 3.63) is 88.3 Å². The van der Waals surface area contributed by atoms with E-state index in [0.717, 1.165) is 16.7 Å². The van der Waals surface area contributed by atoms with Crippen LogP contribution in [0.15, 0.2) is 65.3 Å². The molecule has 28 heavy (non-hydrogen) atoms. The Bertz CT molecular complexity index is 1030. The Morgan fingerprint density at radius 1 is 1.11 bits per heavy atom. The fraction of sp³-hybridized carbons (Fsp3) is 0.182. The van der Waals surface area contributed by atoms with E-state index in [1.165, 1.54) is 6.26 Å². The van der Waals surface area contributed by atoms with Crippen molar-refractivity contribution in [3.8, 4) is 0 Å². The molecule has 1 N–H and O–H groups in total. The van der Waals surface area contributed by atoms with Crippen LogP contribution in [0.4, 0.5) is 5.69 Å². The normalized spacial score (nSPS) is 15.8. The third-order valence-corrected chi connectivity index (χ3v) is 5.39. The zero-order valence-electron chi connectivity index (χ0n) is 15.3. The Morgan fingerprint density at radius 3 is 2.61 bits per heavy atom. The summed E-state index contributed by atoms with van der Waals surface area (Å²) in [5.74, 6) is -0.341. The molecule has 0 bridgehead atoms. The van der Waals surface area contributed by atoms with Gasteiger partial charge in [0.15, 0.2) is 5.76 Å². The fourth-order valence-corrected chi connectivity index (χ4v) is 3.59. The summed E-state index contributed by atoms with van der Waals surface area (Å²) in [5.41, 5.74) is 3.63. The Labute approximate surface area is 167 Å². The molecule has 0 aliphatic carbocycles. The number of carbonyl (C=O) groups excluding carboxylic acids is 2. The molecule has 0 spiro atoms.